The number of benzene rings is 2. The zero-order chi connectivity index (χ0) is 25.5. The van der Waals surface area contributed by atoms with E-state index < -0.39 is 11.9 Å². The number of allylic oxidation sites excluding steroid dienone is 1. The highest BCUT2D eigenvalue weighted by Gasteiger charge is 2.38. The number of carbonyl (C=O) groups is 2. The van der Waals surface area contributed by atoms with E-state index in [1.807, 2.05) is 30.3 Å². The van der Waals surface area contributed by atoms with Gasteiger partial charge in [0, 0.05) is 10.7 Å². The zero-order valence-electron chi connectivity index (χ0n) is 19.3. The molecular formula is C27H22ClN3O4S. The van der Waals surface area contributed by atoms with Crippen molar-refractivity contribution in [2.24, 2.45) is 0 Å². The van der Waals surface area contributed by atoms with E-state index in [0.29, 0.717) is 27.2 Å². The molecule has 9 heteroatoms. The number of furan rings is 1. The van der Waals surface area contributed by atoms with Crippen LogP contribution in [0.3, 0.4) is 0 Å². The molecule has 7 nitrogen and oxygen atoms in total. The number of hydrogen-bond donors (Lipinski definition) is 2. The molecule has 1 aliphatic rings. The van der Waals surface area contributed by atoms with Gasteiger partial charge in [-0.2, -0.15) is 5.26 Å². The summed E-state index contributed by atoms with van der Waals surface area (Å²) in [5, 5.41) is 17.2. The maximum Gasteiger partial charge on any atom is 0.337 e. The highest BCUT2D eigenvalue weighted by molar-refractivity contribution is 8.03. The van der Waals surface area contributed by atoms with E-state index in [9.17, 15) is 14.9 Å². The van der Waals surface area contributed by atoms with Crippen LogP contribution in [0.2, 0.25) is 5.02 Å². The number of nitrogens with zero attached hydrogens (tertiary/aromatic N) is 1. The fourth-order valence-electron chi connectivity index (χ4n) is 3.77. The van der Waals surface area contributed by atoms with Crippen molar-refractivity contribution in [2.45, 2.75) is 12.8 Å². The molecule has 1 amide bonds. The molecular weight excluding hydrogens is 498 g/mol. The van der Waals surface area contributed by atoms with Crippen molar-refractivity contribution in [3.05, 3.63) is 106 Å². The standard InChI is InChI=1S/C27H22ClN3O4S/c1-2-34-27(33)24-23(21-9-6-14-35-21)20(15-29)26(31-25(24)17-7-4-3-5-8-17)36-16-22(32)30-19-12-10-18(28)11-13-19/h3-14,23,31H,2,16H2,1H3,(H,30,32)/t23-/m0/s1. The second kappa shape index (κ2) is 11.7. The Morgan fingerprint density at radius 3 is 2.53 bits per heavy atom. The average molecular weight is 520 g/mol. The van der Waals surface area contributed by atoms with Crippen molar-refractivity contribution in [1.82, 2.24) is 5.32 Å². The van der Waals surface area contributed by atoms with Crippen LogP contribution in [0.5, 0.6) is 0 Å². The summed E-state index contributed by atoms with van der Waals surface area (Å²) in [4.78, 5) is 25.8. The Labute approximate surface area is 217 Å². The van der Waals surface area contributed by atoms with E-state index in [1.54, 1.807) is 43.3 Å². The number of ether oxygens (including phenoxy) is 1. The topological polar surface area (TPSA) is 104 Å². The first-order valence-corrected chi connectivity index (χ1v) is 12.5. The van der Waals surface area contributed by atoms with E-state index in [4.69, 9.17) is 20.8 Å². The zero-order valence-corrected chi connectivity index (χ0v) is 20.9. The Balaban J connectivity index is 1.70. The number of halogens is 1. The SMILES string of the molecule is CCOC(=O)C1=C(c2ccccc2)NC(SCC(=O)Nc2ccc(Cl)cc2)=C(C#N)[C@H]1c1ccco1. The number of dihydropyridines is 1. The molecule has 2 aromatic carbocycles. The van der Waals surface area contributed by atoms with Gasteiger partial charge in [-0.3, -0.25) is 4.79 Å². The molecule has 0 aliphatic carbocycles. The van der Waals surface area contributed by atoms with Crippen LogP contribution in [0.15, 0.2) is 93.6 Å². The van der Waals surface area contributed by atoms with Crippen LogP contribution in [-0.4, -0.2) is 24.2 Å². The maximum absolute atomic E-state index is 13.2. The normalized spacial score (nSPS) is 15.2. The van der Waals surface area contributed by atoms with Crippen molar-refractivity contribution < 1.29 is 18.7 Å². The van der Waals surface area contributed by atoms with Gasteiger partial charge in [-0.05, 0) is 48.9 Å². The molecule has 0 unspecified atom stereocenters. The third-order valence-corrected chi connectivity index (χ3v) is 6.58. The number of esters is 1. The lowest BCUT2D eigenvalue weighted by Crippen LogP contribution is -2.29. The van der Waals surface area contributed by atoms with Crippen LogP contribution in [0.25, 0.3) is 5.70 Å². The van der Waals surface area contributed by atoms with E-state index >= 15 is 0 Å². The Bertz CT molecular complexity index is 1340. The van der Waals surface area contributed by atoms with Crippen LogP contribution in [0.4, 0.5) is 5.69 Å². The molecule has 36 heavy (non-hydrogen) atoms. The van der Waals surface area contributed by atoms with Gasteiger partial charge in [-0.15, -0.1) is 0 Å². The van der Waals surface area contributed by atoms with E-state index in [0.717, 1.165) is 5.56 Å². The largest absolute Gasteiger partial charge is 0.468 e. The van der Waals surface area contributed by atoms with Crippen molar-refractivity contribution in [3.8, 4) is 6.07 Å². The van der Waals surface area contributed by atoms with Crippen molar-refractivity contribution >= 4 is 46.6 Å². The molecule has 0 saturated carbocycles. The molecule has 3 aromatic rings. The van der Waals surface area contributed by atoms with Gasteiger partial charge in [0.05, 0.1) is 52.5 Å². The van der Waals surface area contributed by atoms with Gasteiger partial charge in [0.1, 0.15) is 5.76 Å². The minimum atomic E-state index is -0.803. The van der Waals surface area contributed by atoms with Gasteiger partial charge in [0.15, 0.2) is 0 Å². The van der Waals surface area contributed by atoms with Gasteiger partial charge in [-0.1, -0.05) is 53.7 Å². The summed E-state index contributed by atoms with van der Waals surface area (Å²) >= 11 is 7.08. The number of rotatable bonds is 8. The average Bonchev–Trinajstić information content (AvgIpc) is 3.43. The second-order valence-electron chi connectivity index (χ2n) is 7.65. The van der Waals surface area contributed by atoms with Crippen LogP contribution < -0.4 is 10.6 Å². The molecule has 1 atom stereocenters. The quantitative estimate of drug-likeness (QED) is 0.368. The molecule has 0 spiro atoms. The van der Waals surface area contributed by atoms with Crippen molar-refractivity contribution in [3.63, 3.8) is 0 Å². The number of hydrogen-bond acceptors (Lipinski definition) is 7. The summed E-state index contributed by atoms with van der Waals surface area (Å²) in [6.07, 6.45) is 1.49. The summed E-state index contributed by atoms with van der Waals surface area (Å²) in [6, 6.07) is 21.7. The number of carbonyl (C=O) groups excluding carboxylic acids is 2. The summed E-state index contributed by atoms with van der Waals surface area (Å²) in [6.45, 7) is 1.90. The van der Waals surface area contributed by atoms with Gasteiger partial charge >= 0.3 is 5.97 Å². The smallest absolute Gasteiger partial charge is 0.337 e. The third kappa shape index (κ3) is 5.65. The van der Waals surface area contributed by atoms with Crippen molar-refractivity contribution in [2.75, 3.05) is 17.7 Å². The lowest BCUT2D eigenvalue weighted by atomic mass is 9.84. The Kier molecular flexibility index (Phi) is 8.16. The highest BCUT2D eigenvalue weighted by atomic mass is 35.5. The summed E-state index contributed by atoms with van der Waals surface area (Å²) in [5.74, 6) is -1.17. The molecule has 2 heterocycles. The molecule has 4 rings (SSSR count). The van der Waals surface area contributed by atoms with Gasteiger partial charge in [0.25, 0.3) is 0 Å². The van der Waals surface area contributed by atoms with E-state index in [2.05, 4.69) is 16.7 Å². The van der Waals surface area contributed by atoms with Gasteiger partial charge in [0.2, 0.25) is 5.91 Å². The first-order valence-electron chi connectivity index (χ1n) is 11.1. The first kappa shape index (κ1) is 25.2. The fourth-order valence-corrected chi connectivity index (χ4v) is 4.73. The second-order valence-corrected chi connectivity index (χ2v) is 9.07. The molecule has 0 radical (unpaired) electrons. The highest BCUT2D eigenvalue weighted by Crippen LogP contribution is 2.43. The number of thioether (sulfide) groups is 1. The molecule has 0 saturated heterocycles. The number of amides is 1. The summed E-state index contributed by atoms with van der Waals surface area (Å²) in [7, 11) is 0. The molecule has 0 fully saturated rings. The molecule has 0 bridgehead atoms. The predicted molar refractivity (Wildman–Crippen MR) is 140 cm³/mol. The monoisotopic (exact) mass is 519 g/mol. The maximum atomic E-state index is 13.2. The van der Waals surface area contributed by atoms with Gasteiger partial charge in [-0.25, -0.2) is 4.79 Å². The Morgan fingerprint density at radius 2 is 1.89 bits per heavy atom. The lowest BCUT2D eigenvalue weighted by molar-refractivity contribution is -0.138. The minimum absolute atomic E-state index is 0.0256. The number of nitriles is 1. The van der Waals surface area contributed by atoms with Crippen LogP contribution >= 0.6 is 23.4 Å². The Hall–Kier alpha value is -3.93. The summed E-state index contributed by atoms with van der Waals surface area (Å²) < 4.78 is 11.0. The van der Waals surface area contributed by atoms with Gasteiger partial charge < -0.3 is 19.8 Å². The van der Waals surface area contributed by atoms with E-state index in [1.165, 1.54) is 18.0 Å². The molecule has 182 valence electrons. The number of anilines is 1. The first-order chi connectivity index (χ1) is 17.5. The Morgan fingerprint density at radius 1 is 1.14 bits per heavy atom. The van der Waals surface area contributed by atoms with Crippen LogP contribution in [0, 0.1) is 11.3 Å². The number of nitrogens with one attached hydrogen (secondary N) is 2. The molecule has 2 N–H and O–H groups in total. The van der Waals surface area contributed by atoms with E-state index in [-0.39, 0.29) is 29.4 Å². The fraction of sp³-hybridized carbons (Fsp3) is 0.148. The van der Waals surface area contributed by atoms with Crippen LogP contribution in [0.1, 0.15) is 24.2 Å². The minimum Gasteiger partial charge on any atom is -0.468 e. The van der Waals surface area contributed by atoms with Crippen LogP contribution in [-0.2, 0) is 14.3 Å². The predicted octanol–water partition coefficient (Wildman–Crippen LogP) is 5.70. The lowest BCUT2D eigenvalue weighted by Gasteiger charge is -2.29. The molecule has 1 aromatic heterocycles. The summed E-state index contributed by atoms with van der Waals surface area (Å²) in [5.41, 5.74) is 2.37. The third-order valence-electron chi connectivity index (χ3n) is 5.31. The van der Waals surface area contributed by atoms with Crippen molar-refractivity contribution in [1.29, 1.82) is 5.26 Å². The molecule has 1 aliphatic heterocycles.